The Labute approximate surface area is 453 Å². The van der Waals surface area contributed by atoms with Crippen molar-refractivity contribution < 1.29 is 163 Å². The molecule has 12 unspecified atom stereocenters. The maximum atomic E-state index is 11.9. The van der Waals surface area contributed by atoms with E-state index >= 15 is 0 Å². The summed E-state index contributed by atoms with van der Waals surface area (Å²) < 4.78 is 79.9. The zero-order valence-electron chi connectivity index (χ0n) is 42.4. The van der Waals surface area contributed by atoms with Crippen molar-refractivity contribution in [1.82, 2.24) is 0 Å². The molecular weight excluding hydrogens is 1090 g/mol. The number of nitrogens with two attached hydrogens (primary N) is 1. The van der Waals surface area contributed by atoms with Crippen LogP contribution in [-0.4, -0.2) is 340 Å². The number of ether oxygens (including phenoxy) is 14. The predicted molar refractivity (Wildman–Crippen MR) is 248 cm³/mol. The van der Waals surface area contributed by atoms with Gasteiger partial charge in [0, 0.05) is 5.69 Å². The molecule has 0 aromatic heterocycles. The lowest BCUT2D eigenvalue weighted by molar-refractivity contribution is -0.393. The molecule has 0 radical (unpaired) electrons. The number of hydrogen-bond donors (Lipinski definition) is 20. The first-order valence-corrected chi connectivity index (χ1v) is 25.6. The zero-order valence-corrected chi connectivity index (χ0v) is 42.4. The molecule has 7 aliphatic heterocycles. The van der Waals surface area contributed by atoms with Crippen LogP contribution in [0.2, 0.25) is 0 Å². The van der Waals surface area contributed by atoms with Crippen LogP contribution in [0.15, 0.2) is 18.2 Å². The summed E-state index contributed by atoms with van der Waals surface area (Å²) in [5.41, 5.74) is 6.75. The molecule has 0 spiro atoms. The number of aryl methyl sites for hydroxylation is 1. The van der Waals surface area contributed by atoms with Crippen molar-refractivity contribution >= 4 is 5.69 Å². The number of benzene rings is 1. The highest BCUT2D eigenvalue weighted by molar-refractivity contribution is 5.47. The molecule has 7 saturated heterocycles. The molecule has 0 amide bonds. The van der Waals surface area contributed by atoms with E-state index in [1.165, 1.54) is 12.1 Å². The van der Waals surface area contributed by atoms with Gasteiger partial charge in [0.2, 0.25) is 6.29 Å². The van der Waals surface area contributed by atoms with E-state index in [1.807, 2.05) is 0 Å². The number of hydrogen-bond acceptors (Lipinski definition) is 34. The molecule has 32 atom stereocenters. The van der Waals surface area contributed by atoms with Gasteiger partial charge in [-0.25, -0.2) is 0 Å². The highest BCUT2D eigenvalue weighted by Gasteiger charge is 2.57. The average Bonchev–Trinajstić information content (AvgIpc) is 3.43. The van der Waals surface area contributed by atoms with Gasteiger partial charge < -0.3 is 169 Å². The van der Waals surface area contributed by atoms with E-state index in [9.17, 15) is 97.0 Å². The normalized spacial score (nSPS) is 49.5. The molecule has 460 valence electrons. The van der Waals surface area contributed by atoms with Crippen LogP contribution in [0, 0.1) is 6.92 Å². The van der Waals surface area contributed by atoms with Gasteiger partial charge in [-0.3, -0.25) is 0 Å². The Bertz CT molecular complexity index is 2090. The van der Waals surface area contributed by atoms with E-state index in [-0.39, 0.29) is 5.75 Å². The zero-order chi connectivity index (χ0) is 58.2. The van der Waals surface area contributed by atoms with Crippen LogP contribution in [0.25, 0.3) is 0 Å². The maximum Gasteiger partial charge on any atom is 0.229 e. The van der Waals surface area contributed by atoms with Crippen LogP contribution < -0.4 is 10.5 Å². The summed E-state index contributed by atoms with van der Waals surface area (Å²) in [6, 6.07) is 4.54. The van der Waals surface area contributed by atoms with Gasteiger partial charge in [-0.15, -0.1) is 0 Å². The third kappa shape index (κ3) is 13.8. The van der Waals surface area contributed by atoms with Gasteiger partial charge in [0.05, 0.1) is 46.2 Å². The fourth-order valence-electron chi connectivity index (χ4n) is 9.87. The van der Waals surface area contributed by atoms with Gasteiger partial charge in [-0.1, -0.05) is 0 Å². The van der Waals surface area contributed by atoms with Crippen LogP contribution in [0.5, 0.6) is 5.75 Å². The van der Waals surface area contributed by atoms with E-state index in [2.05, 4.69) is 0 Å². The average molecular weight is 1170 g/mol. The molecule has 7 aliphatic rings. The van der Waals surface area contributed by atoms with Gasteiger partial charge in [0.1, 0.15) is 158 Å². The Kier molecular flexibility index (Phi) is 21.7. The standard InChI is InChI=1S/C46H73NO33/c1-12-4-13(47)2-3-17(12)73-43-34(64)27(57)37(18(5-48)74-43)78-45-35(65)28(58)39(21(76-45)11-72-42-32(62)24(54)16(51)8-69-42)80-46-36(66)29(59)38(20(77-46)10-71-41-31(61)23(53)15(50)7-68-41)79-44-33(63)26(56)25(55)19(75-44)9-70-40-30(60)22(52)14(49)6-67-40/h2-4,14-16,18-46,48-66H,5-11,47H2,1H3/t14-,15-,16-,18+,19?,20+,21?,22?,23?,24?,25-,26+,27?,28-,29?,30+,31?,32+,33?,34?,35?,36?,37-,38-,39-,40-,41-,42-,43-,44+,45+,46+/m1/s1. The summed E-state index contributed by atoms with van der Waals surface area (Å²) in [7, 11) is 0. The van der Waals surface area contributed by atoms with Crippen LogP contribution in [0.3, 0.4) is 0 Å². The smallest absolute Gasteiger partial charge is 0.229 e. The molecule has 34 heteroatoms. The lowest BCUT2D eigenvalue weighted by atomic mass is 9.95. The predicted octanol–water partition coefficient (Wildman–Crippen LogP) is -12.4. The molecule has 0 saturated carbocycles. The third-order valence-corrected chi connectivity index (χ3v) is 14.7. The molecule has 1 aromatic carbocycles. The maximum absolute atomic E-state index is 11.9. The van der Waals surface area contributed by atoms with Crippen molar-refractivity contribution in [2.45, 2.75) is 204 Å². The monoisotopic (exact) mass is 1170 g/mol. The van der Waals surface area contributed by atoms with Crippen LogP contribution in [-0.2, 0) is 61.6 Å². The summed E-state index contributed by atoms with van der Waals surface area (Å²) in [6.45, 7) is -3.29. The first kappa shape index (κ1) is 63.6. The van der Waals surface area contributed by atoms with Crippen molar-refractivity contribution in [3.8, 4) is 5.75 Å². The summed E-state index contributed by atoms with van der Waals surface area (Å²) in [5.74, 6) is 0.190. The minimum atomic E-state index is -2.31. The Morgan fingerprint density at radius 1 is 0.400 bits per heavy atom. The second-order valence-electron chi connectivity index (χ2n) is 20.5. The second-order valence-corrected chi connectivity index (χ2v) is 20.5. The molecular formula is C46H73NO33. The Hall–Kier alpha value is -2.46. The van der Waals surface area contributed by atoms with Gasteiger partial charge in [0.15, 0.2) is 37.7 Å². The molecule has 80 heavy (non-hydrogen) atoms. The number of anilines is 1. The molecule has 1 aromatic rings. The lowest BCUT2D eigenvalue weighted by Gasteiger charge is -2.49. The van der Waals surface area contributed by atoms with Gasteiger partial charge in [-0.05, 0) is 30.7 Å². The first-order valence-electron chi connectivity index (χ1n) is 25.6. The molecule has 0 bridgehead atoms. The van der Waals surface area contributed by atoms with Crippen LogP contribution in [0.4, 0.5) is 5.69 Å². The van der Waals surface area contributed by atoms with Crippen molar-refractivity contribution in [2.24, 2.45) is 0 Å². The van der Waals surface area contributed by atoms with E-state index in [1.54, 1.807) is 13.0 Å². The molecule has 34 nitrogen and oxygen atoms in total. The highest BCUT2D eigenvalue weighted by Crippen LogP contribution is 2.37. The van der Waals surface area contributed by atoms with Gasteiger partial charge in [-0.2, -0.15) is 0 Å². The van der Waals surface area contributed by atoms with Crippen LogP contribution in [0.1, 0.15) is 5.56 Å². The third-order valence-electron chi connectivity index (χ3n) is 14.7. The molecule has 0 aliphatic carbocycles. The van der Waals surface area contributed by atoms with Gasteiger partial charge >= 0.3 is 0 Å². The van der Waals surface area contributed by atoms with E-state index < -0.39 is 243 Å². The lowest BCUT2D eigenvalue weighted by Crippen LogP contribution is -2.68. The summed E-state index contributed by atoms with van der Waals surface area (Å²) in [4.78, 5) is 0. The topological polar surface area (TPSA) is 540 Å². The Morgan fingerprint density at radius 2 is 0.738 bits per heavy atom. The molecule has 7 fully saturated rings. The molecule has 8 rings (SSSR count). The van der Waals surface area contributed by atoms with E-state index in [4.69, 9.17) is 72.0 Å². The van der Waals surface area contributed by atoms with Crippen molar-refractivity contribution in [3.05, 3.63) is 23.8 Å². The van der Waals surface area contributed by atoms with E-state index in [0.717, 1.165) is 0 Å². The van der Waals surface area contributed by atoms with Gasteiger partial charge in [0.25, 0.3) is 0 Å². The fourth-order valence-corrected chi connectivity index (χ4v) is 9.87. The minimum absolute atomic E-state index is 0.190. The number of nitrogen functional groups attached to an aromatic ring is 1. The Balaban J connectivity index is 1.02. The van der Waals surface area contributed by atoms with Crippen molar-refractivity contribution in [3.63, 3.8) is 0 Å². The van der Waals surface area contributed by atoms with Crippen LogP contribution >= 0.6 is 0 Å². The van der Waals surface area contributed by atoms with Crippen molar-refractivity contribution in [1.29, 1.82) is 0 Å². The number of rotatable bonds is 18. The fraction of sp³-hybridized carbons (Fsp3) is 0.870. The number of aliphatic hydroxyl groups excluding tert-OH is 19. The first-order chi connectivity index (χ1) is 37.9. The molecule has 21 N–H and O–H groups in total. The quantitative estimate of drug-likeness (QED) is 0.0607. The largest absolute Gasteiger partial charge is 0.462 e. The summed E-state index contributed by atoms with van der Waals surface area (Å²) >= 11 is 0. The van der Waals surface area contributed by atoms with Crippen molar-refractivity contribution in [2.75, 3.05) is 52.0 Å². The minimum Gasteiger partial charge on any atom is -0.462 e. The highest BCUT2D eigenvalue weighted by atomic mass is 16.8. The van der Waals surface area contributed by atoms with E-state index in [0.29, 0.717) is 11.3 Å². The summed E-state index contributed by atoms with van der Waals surface area (Å²) in [5, 5.41) is 205. The summed E-state index contributed by atoms with van der Waals surface area (Å²) in [6.07, 6.45) is -60.0. The number of aliphatic hydroxyl groups is 19. The Morgan fingerprint density at radius 3 is 1.14 bits per heavy atom. The molecule has 7 heterocycles. The SMILES string of the molecule is Cc1cc(N)ccc1O[C@@H]1O[C@@H](CO)[C@@H](O[C@@H]2OC(CO[C@H]3OC[C@@H](O)C(O)[C@@H]3O)[C@@H](O[C@@H]3O[C@@H](CO[C@H]4OC[C@@H](O)C(O)C4O)[C@@H](O[C@@H]4OC(CO[C@H]5OC[C@@H](O)C(O)[C@@H]5O)[C@@H](O)[C@H](O)C4O)C(O)C3O)[C@H](O)C2O)C(O)C1O. The second kappa shape index (κ2) is 27.3.